The molecule has 18 heavy (non-hydrogen) atoms. The summed E-state index contributed by atoms with van der Waals surface area (Å²) in [7, 11) is -0.314. The summed E-state index contributed by atoms with van der Waals surface area (Å²) in [5.41, 5.74) is 0. The zero-order valence-electron chi connectivity index (χ0n) is 10.3. The Hall–Kier alpha value is -1.64. The molecule has 2 rings (SSSR count). The molecule has 0 aliphatic rings. The molecule has 0 N–H and O–H groups in total. The fourth-order valence-electron chi connectivity index (χ4n) is 1.94. The molecule has 0 atom stereocenters. The zero-order valence-corrected chi connectivity index (χ0v) is 11.2. The highest BCUT2D eigenvalue weighted by molar-refractivity contribution is 7.73. The van der Waals surface area contributed by atoms with Crippen molar-refractivity contribution < 1.29 is 0 Å². The Bertz CT molecular complexity index is 462. The fourth-order valence-corrected chi connectivity index (χ4v) is 4.29. The number of hydrogen-bond donors (Lipinski definition) is 0. The third kappa shape index (κ3) is 3.42. The van der Waals surface area contributed by atoms with E-state index in [1.54, 1.807) is 0 Å². The second-order valence-corrected chi connectivity index (χ2v) is 6.42. The second kappa shape index (κ2) is 6.94. The van der Waals surface area contributed by atoms with E-state index in [4.69, 9.17) is 5.26 Å². The van der Waals surface area contributed by atoms with Gasteiger partial charge in [0.2, 0.25) is 0 Å². The van der Waals surface area contributed by atoms with Gasteiger partial charge in [0.1, 0.15) is 0 Å². The van der Waals surface area contributed by atoms with Crippen LogP contribution in [0.3, 0.4) is 0 Å². The van der Waals surface area contributed by atoms with Crippen LogP contribution in [0.4, 0.5) is 0 Å². The van der Waals surface area contributed by atoms with Crippen LogP contribution in [0.2, 0.25) is 0 Å². The molecule has 0 heterocycles. The summed E-state index contributed by atoms with van der Waals surface area (Å²) in [4.78, 5) is 0. The largest absolute Gasteiger partial charge is 0.198 e. The van der Waals surface area contributed by atoms with Gasteiger partial charge in [0.15, 0.2) is 0 Å². The first-order valence-corrected chi connectivity index (χ1v) is 7.69. The van der Waals surface area contributed by atoms with E-state index in [2.05, 4.69) is 66.7 Å². The molecule has 1 nitrogen and oxygen atoms in total. The summed E-state index contributed by atoms with van der Waals surface area (Å²) in [5, 5.41) is 11.5. The van der Waals surface area contributed by atoms with Crippen LogP contribution in [0.5, 0.6) is 0 Å². The van der Waals surface area contributed by atoms with Gasteiger partial charge in [-0.1, -0.05) is 60.7 Å². The molecule has 0 bridgehead atoms. The predicted molar refractivity (Wildman–Crippen MR) is 78.8 cm³/mol. The monoisotopic (exact) mass is 253 g/mol. The molecule has 2 aromatic carbocycles. The topological polar surface area (TPSA) is 23.8 Å². The Morgan fingerprint density at radius 1 is 0.833 bits per heavy atom. The first-order chi connectivity index (χ1) is 8.92. The number of nitrogens with zero attached hydrogens (tertiary/aromatic N) is 1. The Balaban J connectivity index is 2.21. The van der Waals surface area contributed by atoms with Crippen molar-refractivity contribution in [3.63, 3.8) is 0 Å². The standard InChI is InChI=1S/C16H16NP/c17-13-7-8-14-18(15-9-3-1-4-10-15)16-11-5-2-6-12-16/h1-6,9-12H,7-8,14H2. The highest BCUT2D eigenvalue weighted by Crippen LogP contribution is 2.34. The molecular weight excluding hydrogens is 237 g/mol. The predicted octanol–water partition coefficient (Wildman–Crippen LogP) is 3.42. The molecule has 0 spiro atoms. The van der Waals surface area contributed by atoms with Gasteiger partial charge in [0, 0.05) is 6.42 Å². The van der Waals surface area contributed by atoms with Crippen LogP contribution in [0.25, 0.3) is 0 Å². The molecule has 0 amide bonds. The minimum absolute atomic E-state index is 0.314. The van der Waals surface area contributed by atoms with E-state index in [1.165, 1.54) is 10.6 Å². The van der Waals surface area contributed by atoms with Crippen molar-refractivity contribution in [2.75, 3.05) is 6.16 Å². The number of hydrogen-bond acceptors (Lipinski definition) is 1. The highest BCUT2D eigenvalue weighted by Gasteiger charge is 2.12. The van der Waals surface area contributed by atoms with Crippen LogP contribution in [0.1, 0.15) is 12.8 Å². The van der Waals surface area contributed by atoms with Crippen molar-refractivity contribution in [3.05, 3.63) is 60.7 Å². The molecule has 0 unspecified atom stereocenters. The van der Waals surface area contributed by atoms with Gasteiger partial charge >= 0.3 is 0 Å². The Morgan fingerprint density at radius 3 is 1.78 bits per heavy atom. The summed E-state index contributed by atoms with van der Waals surface area (Å²) in [5.74, 6) is 0. The minimum atomic E-state index is -0.314. The summed E-state index contributed by atoms with van der Waals surface area (Å²) in [6.45, 7) is 0. The van der Waals surface area contributed by atoms with Gasteiger partial charge in [0.05, 0.1) is 6.07 Å². The lowest BCUT2D eigenvalue weighted by atomic mass is 10.4. The normalized spacial score (nSPS) is 10.2. The lowest BCUT2D eigenvalue weighted by molar-refractivity contribution is 0.978. The van der Waals surface area contributed by atoms with Crippen LogP contribution in [0, 0.1) is 11.3 Å². The van der Waals surface area contributed by atoms with Crippen LogP contribution < -0.4 is 10.6 Å². The quantitative estimate of drug-likeness (QED) is 0.591. The van der Waals surface area contributed by atoms with E-state index in [-0.39, 0.29) is 7.92 Å². The van der Waals surface area contributed by atoms with E-state index in [0.717, 1.165) is 12.6 Å². The maximum Gasteiger partial charge on any atom is 0.0621 e. The Morgan fingerprint density at radius 2 is 1.33 bits per heavy atom. The third-order valence-corrected chi connectivity index (χ3v) is 5.41. The lowest BCUT2D eigenvalue weighted by Crippen LogP contribution is -2.13. The molecule has 0 fully saturated rings. The third-order valence-electron chi connectivity index (χ3n) is 2.81. The molecule has 0 aliphatic carbocycles. The molecule has 0 radical (unpaired) electrons. The molecule has 0 saturated carbocycles. The number of rotatable bonds is 5. The van der Waals surface area contributed by atoms with Gasteiger partial charge < -0.3 is 0 Å². The van der Waals surface area contributed by atoms with Crippen molar-refractivity contribution in [2.45, 2.75) is 12.8 Å². The van der Waals surface area contributed by atoms with Crippen LogP contribution >= 0.6 is 7.92 Å². The number of benzene rings is 2. The molecular formula is C16H16NP. The van der Waals surface area contributed by atoms with Crippen LogP contribution in [-0.2, 0) is 0 Å². The first-order valence-electron chi connectivity index (χ1n) is 6.16. The Kier molecular flexibility index (Phi) is 4.94. The van der Waals surface area contributed by atoms with Crippen LogP contribution in [0.15, 0.2) is 60.7 Å². The van der Waals surface area contributed by atoms with Gasteiger partial charge in [-0.05, 0) is 31.1 Å². The van der Waals surface area contributed by atoms with Gasteiger partial charge in [-0.25, -0.2) is 0 Å². The molecule has 0 saturated heterocycles. The van der Waals surface area contributed by atoms with Gasteiger partial charge in [-0.2, -0.15) is 5.26 Å². The Labute approximate surface area is 110 Å². The molecule has 2 aromatic rings. The maximum atomic E-state index is 8.68. The summed E-state index contributed by atoms with van der Waals surface area (Å²) < 4.78 is 0. The van der Waals surface area contributed by atoms with E-state index < -0.39 is 0 Å². The number of unbranched alkanes of at least 4 members (excludes halogenated alkanes) is 1. The minimum Gasteiger partial charge on any atom is -0.198 e. The van der Waals surface area contributed by atoms with Crippen molar-refractivity contribution >= 4 is 18.5 Å². The molecule has 90 valence electrons. The van der Waals surface area contributed by atoms with Crippen molar-refractivity contribution in [2.24, 2.45) is 0 Å². The molecule has 0 aliphatic heterocycles. The van der Waals surface area contributed by atoms with Crippen LogP contribution in [-0.4, -0.2) is 6.16 Å². The SMILES string of the molecule is N#CCCCP(c1ccccc1)c1ccccc1. The summed E-state index contributed by atoms with van der Waals surface area (Å²) in [6.07, 6.45) is 2.72. The zero-order chi connectivity index (χ0) is 12.6. The molecule has 2 heteroatoms. The van der Waals surface area contributed by atoms with E-state index >= 15 is 0 Å². The lowest BCUT2D eigenvalue weighted by Gasteiger charge is -2.17. The van der Waals surface area contributed by atoms with Gasteiger partial charge in [-0.15, -0.1) is 0 Å². The second-order valence-electron chi connectivity index (χ2n) is 4.08. The summed E-state index contributed by atoms with van der Waals surface area (Å²) >= 11 is 0. The number of nitriles is 1. The highest BCUT2D eigenvalue weighted by atomic mass is 31.1. The van der Waals surface area contributed by atoms with Crippen molar-refractivity contribution in [1.82, 2.24) is 0 Å². The smallest absolute Gasteiger partial charge is 0.0621 e. The average molecular weight is 253 g/mol. The van der Waals surface area contributed by atoms with Crippen molar-refractivity contribution in [3.8, 4) is 6.07 Å². The summed E-state index contributed by atoms with van der Waals surface area (Å²) in [6, 6.07) is 23.5. The van der Waals surface area contributed by atoms with Gasteiger partial charge in [0.25, 0.3) is 0 Å². The van der Waals surface area contributed by atoms with E-state index in [1.807, 2.05) is 0 Å². The average Bonchev–Trinajstić information content (AvgIpc) is 2.46. The fraction of sp³-hybridized carbons (Fsp3) is 0.188. The maximum absolute atomic E-state index is 8.68. The molecule has 0 aromatic heterocycles. The van der Waals surface area contributed by atoms with E-state index in [9.17, 15) is 0 Å². The van der Waals surface area contributed by atoms with Crippen molar-refractivity contribution in [1.29, 1.82) is 5.26 Å². The van der Waals surface area contributed by atoms with Gasteiger partial charge in [-0.3, -0.25) is 0 Å². The van der Waals surface area contributed by atoms with E-state index in [0.29, 0.717) is 6.42 Å². The first kappa shape index (κ1) is 12.8.